The van der Waals surface area contributed by atoms with Gasteiger partial charge in [-0.1, -0.05) is 50.2 Å². The number of carboxylic acid groups (broad SMARTS) is 1. The number of carboxylic acids is 1. The molecule has 0 amide bonds. The summed E-state index contributed by atoms with van der Waals surface area (Å²) in [6, 6.07) is 22.1. The van der Waals surface area contributed by atoms with E-state index in [9.17, 15) is 9.90 Å². The van der Waals surface area contributed by atoms with E-state index in [1.54, 1.807) is 30.3 Å². The summed E-state index contributed by atoms with van der Waals surface area (Å²) in [5.41, 5.74) is 5.85. The fourth-order valence-electron chi connectivity index (χ4n) is 3.56. The zero-order valence-electron chi connectivity index (χ0n) is 17.3. The number of rotatable bonds is 8. The van der Waals surface area contributed by atoms with E-state index >= 15 is 0 Å². The second kappa shape index (κ2) is 9.79. The van der Waals surface area contributed by atoms with Crippen LogP contribution in [0.3, 0.4) is 0 Å². The minimum atomic E-state index is -0.944. The monoisotopic (exact) mass is 402 g/mol. The largest absolute Gasteiger partial charge is 0.508 e. The second-order valence-electron chi connectivity index (χ2n) is 7.03. The Balaban J connectivity index is 1.78. The lowest BCUT2D eigenvalue weighted by atomic mass is 9.91. The van der Waals surface area contributed by atoms with Gasteiger partial charge in [0.15, 0.2) is 0 Å². The maximum Gasteiger partial charge on any atom is 0.335 e. The van der Waals surface area contributed by atoms with Crippen LogP contribution < -0.4 is 4.74 Å². The molecule has 3 aromatic rings. The average Bonchev–Trinajstić information content (AvgIpc) is 2.77. The van der Waals surface area contributed by atoms with E-state index < -0.39 is 5.97 Å². The van der Waals surface area contributed by atoms with Crippen molar-refractivity contribution in [2.75, 3.05) is 0 Å². The summed E-state index contributed by atoms with van der Waals surface area (Å²) >= 11 is 0. The molecular weight excluding hydrogens is 376 g/mol. The number of benzene rings is 3. The number of carbonyl (C=O) groups is 1. The summed E-state index contributed by atoms with van der Waals surface area (Å²) in [6.07, 6.45) is 1.79. The molecule has 0 atom stereocenters. The molecule has 0 fully saturated rings. The third-order valence-corrected chi connectivity index (χ3v) is 5.07. The van der Waals surface area contributed by atoms with Gasteiger partial charge in [0.05, 0.1) is 5.56 Å². The van der Waals surface area contributed by atoms with Crippen molar-refractivity contribution in [1.29, 1.82) is 0 Å². The zero-order chi connectivity index (χ0) is 21.5. The van der Waals surface area contributed by atoms with E-state index in [0.29, 0.717) is 6.61 Å². The van der Waals surface area contributed by atoms with E-state index in [0.717, 1.165) is 35.3 Å². The van der Waals surface area contributed by atoms with Crippen LogP contribution in [0.15, 0.2) is 72.8 Å². The Labute approximate surface area is 177 Å². The van der Waals surface area contributed by atoms with Crippen molar-refractivity contribution >= 4 is 17.1 Å². The number of phenolic OH excluding ortho intramolecular Hbond substituents is 1. The number of ether oxygens (including phenoxy) is 1. The topological polar surface area (TPSA) is 66.8 Å². The van der Waals surface area contributed by atoms with Gasteiger partial charge in [-0.15, -0.1) is 0 Å². The predicted molar refractivity (Wildman–Crippen MR) is 120 cm³/mol. The molecule has 0 aromatic heterocycles. The number of phenols is 1. The molecule has 0 aliphatic carbocycles. The molecule has 30 heavy (non-hydrogen) atoms. The maximum absolute atomic E-state index is 11.1. The van der Waals surface area contributed by atoms with Gasteiger partial charge in [-0.2, -0.15) is 0 Å². The van der Waals surface area contributed by atoms with Gasteiger partial charge in [0.2, 0.25) is 0 Å². The lowest BCUT2D eigenvalue weighted by molar-refractivity contribution is 0.0696. The molecule has 0 bridgehead atoms. The van der Waals surface area contributed by atoms with Crippen LogP contribution in [0.25, 0.3) is 11.1 Å². The Morgan fingerprint density at radius 1 is 0.800 bits per heavy atom. The third kappa shape index (κ3) is 5.09. The van der Waals surface area contributed by atoms with Crippen LogP contribution in [0.2, 0.25) is 0 Å². The molecule has 3 aromatic carbocycles. The first-order chi connectivity index (χ1) is 14.5. The Morgan fingerprint density at radius 3 is 1.90 bits per heavy atom. The highest BCUT2D eigenvalue weighted by Crippen LogP contribution is 2.32. The molecule has 4 nitrogen and oxygen atoms in total. The molecule has 3 rings (SSSR count). The molecule has 0 aliphatic heterocycles. The first-order valence-corrected chi connectivity index (χ1v) is 10.1. The van der Waals surface area contributed by atoms with E-state index in [2.05, 4.69) is 26.0 Å². The number of aromatic carboxylic acids is 1. The zero-order valence-corrected chi connectivity index (χ0v) is 17.3. The Bertz CT molecular complexity index is 1030. The van der Waals surface area contributed by atoms with Crippen LogP contribution in [0, 0.1) is 0 Å². The van der Waals surface area contributed by atoms with Crippen molar-refractivity contribution in [1.82, 2.24) is 0 Å². The summed E-state index contributed by atoms with van der Waals surface area (Å²) < 4.78 is 5.84. The fourth-order valence-corrected chi connectivity index (χ4v) is 3.56. The van der Waals surface area contributed by atoms with Crippen LogP contribution in [-0.2, 0) is 6.61 Å². The molecule has 0 unspecified atom stereocenters. The van der Waals surface area contributed by atoms with Gasteiger partial charge in [-0.25, -0.2) is 4.79 Å². The lowest BCUT2D eigenvalue weighted by Gasteiger charge is -2.15. The molecule has 4 heteroatoms. The molecule has 0 spiro atoms. The summed E-state index contributed by atoms with van der Waals surface area (Å²) in [6.45, 7) is 4.59. The highest BCUT2D eigenvalue weighted by atomic mass is 16.5. The quantitative estimate of drug-likeness (QED) is 0.428. The van der Waals surface area contributed by atoms with E-state index in [1.165, 1.54) is 11.1 Å². The van der Waals surface area contributed by atoms with Gasteiger partial charge in [-0.05, 0) is 77.1 Å². The van der Waals surface area contributed by atoms with Crippen molar-refractivity contribution in [2.24, 2.45) is 0 Å². The van der Waals surface area contributed by atoms with Gasteiger partial charge < -0.3 is 14.9 Å². The van der Waals surface area contributed by atoms with Gasteiger partial charge in [0.1, 0.15) is 18.1 Å². The predicted octanol–water partition coefficient (Wildman–Crippen LogP) is 6.40. The van der Waals surface area contributed by atoms with Crippen LogP contribution in [0.5, 0.6) is 11.5 Å². The number of hydrogen-bond acceptors (Lipinski definition) is 3. The normalized spacial score (nSPS) is 11.7. The molecule has 0 radical (unpaired) electrons. The summed E-state index contributed by atoms with van der Waals surface area (Å²) in [5.74, 6) is 0.0562. The molecule has 0 aliphatic rings. The average molecular weight is 402 g/mol. The Morgan fingerprint density at radius 2 is 1.37 bits per heavy atom. The standard InChI is InChI=1S/C26H26O4/c1-3-24(19-8-12-22(27)13-9-19)25(4-2)20-10-14-23(15-11-20)30-17-18-6-5-7-21(16-18)26(28)29/h5-16,27H,3-4,17H2,1-2H3,(H,28,29)/b25-24+. The van der Waals surface area contributed by atoms with Crippen LogP contribution in [0.1, 0.15) is 53.7 Å². The second-order valence-corrected chi connectivity index (χ2v) is 7.03. The Hall–Kier alpha value is -3.53. The Kier molecular flexibility index (Phi) is 6.91. The molecule has 0 saturated carbocycles. The minimum Gasteiger partial charge on any atom is -0.508 e. The minimum absolute atomic E-state index is 0.255. The number of hydrogen-bond donors (Lipinski definition) is 2. The fraction of sp³-hybridized carbons (Fsp3) is 0.192. The summed E-state index contributed by atoms with van der Waals surface area (Å²) in [5, 5.41) is 18.7. The number of aromatic hydroxyl groups is 1. The SMILES string of the molecule is CC/C(=C(/CC)c1ccc(OCc2cccc(C(=O)O)c2)cc1)c1ccc(O)cc1. The van der Waals surface area contributed by atoms with Crippen molar-refractivity contribution in [3.63, 3.8) is 0 Å². The van der Waals surface area contributed by atoms with E-state index in [1.807, 2.05) is 30.3 Å². The highest BCUT2D eigenvalue weighted by Gasteiger charge is 2.10. The van der Waals surface area contributed by atoms with Crippen LogP contribution >= 0.6 is 0 Å². The summed E-state index contributed by atoms with van der Waals surface area (Å²) in [7, 11) is 0. The summed E-state index contributed by atoms with van der Waals surface area (Å²) in [4.78, 5) is 11.1. The van der Waals surface area contributed by atoms with Crippen molar-refractivity contribution in [3.05, 3.63) is 95.1 Å². The van der Waals surface area contributed by atoms with E-state index in [4.69, 9.17) is 9.84 Å². The molecular formula is C26H26O4. The first-order valence-electron chi connectivity index (χ1n) is 10.1. The van der Waals surface area contributed by atoms with E-state index in [-0.39, 0.29) is 11.3 Å². The van der Waals surface area contributed by atoms with Gasteiger partial charge >= 0.3 is 5.97 Å². The van der Waals surface area contributed by atoms with Crippen molar-refractivity contribution in [3.8, 4) is 11.5 Å². The number of allylic oxidation sites excluding steroid dienone is 2. The smallest absolute Gasteiger partial charge is 0.335 e. The van der Waals surface area contributed by atoms with Crippen LogP contribution in [0.4, 0.5) is 0 Å². The molecule has 0 saturated heterocycles. The highest BCUT2D eigenvalue weighted by molar-refractivity contribution is 5.91. The maximum atomic E-state index is 11.1. The molecule has 154 valence electrons. The lowest BCUT2D eigenvalue weighted by Crippen LogP contribution is -2.00. The van der Waals surface area contributed by atoms with Gasteiger partial charge in [-0.3, -0.25) is 0 Å². The third-order valence-electron chi connectivity index (χ3n) is 5.07. The molecule has 0 heterocycles. The molecule has 2 N–H and O–H groups in total. The first kappa shape index (κ1) is 21.2. The van der Waals surface area contributed by atoms with Crippen molar-refractivity contribution in [2.45, 2.75) is 33.3 Å². The van der Waals surface area contributed by atoms with Gasteiger partial charge in [0, 0.05) is 0 Å². The van der Waals surface area contributed by atoms with Crippen LogP contribution in [-0.4, -0.2) is 16.2 Å². The van der Waals surface area contributed by atoms with Gasteiger partial charge in [0.25, 0.3) is 0 Å². The van der Waals surface area contributed by atoms with Crippen molar-refractivity contribution < 1.29 is 19.7 Å².